The summed E-state index contributed by atoms with van der Waals surface area (Å²) in [6.07, 6.45) is -1.03. The van der Waals surface area contributed by atoms with Crippen molar-refractivity contribution < 1.29 is 19.4 Å². The molecule has 2 aromatic carbocycles. The number of nitro groups is 2. The maximum Gasteiger partial charge on any atom is 0.338 e. The smallest absolute Gasteiger partial charge is 0.338 e. The van der Waals surface area contributed by atoms with E-state index in [1.54, 1.807) is 6.92 Å². The number of non-ortho nitro benzene ring substituents is 1. The number of benzene rings is 2. The number of nitro benzene ring substituents is 2. The van der Waals surface area contributed by atoms with Crippen LogP contribution >= 0.6 is 0 Å². The van der Waals surface area contributed by atoms with Crippen LogP contribution in [0, 0.1) is 25.1 Å². The number of para-hydroxylation sites is 1. The minimum absolute atomic E-state index is 0.0434. The Morgan fingerprint density at radius 1 is 1.13 bits per heavy atom. The Morgan fingerprint density at radius 2 is 1.84 bits per heavy atom. The zero-order chi connectivity index (χ0) is 22.7. The lowest BCUT2D eigenvalue weighted by Gasteiger charge is -2.40. The standard InChI is InChI=1S/C19H17N5O7/c1-11-16(19(25)31-2)17(14-8-3-4-9-15(14)24(29)30)22(21-26)18(20-11)12-6-5-7-13(10-12)23(27)28/h3-10,17-18,20H,1-2H3/t17-,18+/m0/s1. The molecule has 0 bridgehead atoms. The molecular formula is C19H17N5O7. The molecule has 3 rings (SSSR count). The molecule has 12 heteroatoms. The largest absolute Gasteiger partial charge is 0.466 e. The normalized spacial score (nSPS) is 18.2. The number of nitrogens with zero attached hydrogens (tertiary/aromatic N) is 4. The van der Waals surface area contributed by atoms with Gasteiger partial charge in [0.1, 0.15) is 12.2 Å². The van der Waals surface area contributed by atoms with Crippen molar-refractivity contribution in [2.24, 2.45) is 5.29 Å². The molecule has 0 amide bonds. The van der Waals surface area contributed by atoms with Crippen LogP contribution in [0.1, 0.15) is 30.3 Å². The molecule has 0 saturated heterocycles. The van der Waals surface area contributed by atoms with Crippen LogP contribution in [-0.2, 0) is 9.53 Å². The molecule has 2 aromatic rings. The summed E-state index contributed by atoms with van der Waals surface area (Å²) >= 11 is 0. The van der Waals surface area contributed by atoms with Gasteiger partial charge in [-0.15, -0.1) is 4.91 Å². The van der Waals surface area contributed by atoms with Crippen LogP contribution in [0.15, 0.2) is 65.1 Å². The van der Waals surface area contributed by atoms with Gasteiger partial charge in [-0.1, -0.05) is 24.3 Å². The highest BCUT2D eigenvalue weighted by Gasteiger charge is 2.43. The van der Waals surface area contributed by atoms with E-state index in [1.165, 1.54) is 48.5 Å². The predicted molar refractivity (Wildman–Crippen MR) is 107 cm³/mol. The predicted octanol–water partition coefficient (Wildman–Crippen LogP) is 3.28. The number of hydrogen-bond acceptors (Lipinski definition) is 9. The number of allylic oxidation sites excluding steroid dienone is 1. The first-order valence-electron chi connectivity index (χ1n) is 8.95. The maximum atomic E-state index is 12.5. The summed E-state index contributed by atoms with van der Waals surface area (Å²) in [5, 5.41) is 29.7. The number of nitrogens with one attached hydrogen (secondary N) is 1. The Kier molecular flexibility index (Phi) is 5.90. The molecule has 0 saturated carbocycles. The summed E-state index contributed by atoms with van der Waals surface area (Å²) < 4.78 is 4.83. The van der Waals surface area contributed by atoms with Crippen molar-refractivity contribution in [2.75, 3.05) is 7.11 Å². The molecule has 12 nitrogen and oxygen atoms in total. The molecule has 0 fully saturated rings. The van der Waals surface area contributed by atoms with Crippen LogP contribution in [-0.4, -0.2) is 27.9 Å². The van der Waals surface area contributed by atoms with Gasteiger partial charge in [0.05, 0.1) is 33.4 Å². The molecule has 160 valence electrons. The first-order chi connectivity index (χ1) is 14.8. The number of esters is 1. The Hall–Kier alpha value is -4.35. The van der Waals surface area contributed by atoms with Crippen molar-refractivity contribution in [3.05, 3.63) is 96.1 Å². The van der Waals surface area contributed by atoms with E-state index in [4.69, 9.17) is 4.74 Å². The molecule has 0 unspecified atom stereocenters. The Bertz CT molecular complexity index is 1100. The molecule has 0 radical (unpaired) electrons. The van der Waals surface area contributed by atoms with Gasteiger partial charge in [-0.25, -0.2) is 9.80 Å². The number of carbonyl (C=O) groups excluding carboxylic acids is 1. The van der Waals surface area contributed by atoms with E-state index in [-0.39, 0.29) is 28.2 Å². The monoisotopic (exact) mass is 427 g/mol. The van der Waals surface area contributed by atoms with Crippen molar-refractivity contribution in [1.82, 2.24) is 10.3 Å². The van der Waals surface area contributed by atoms with Gasteiger partial charge in [0, 0.05) is 29.5 Å². The van der Waals surface area contributed by atoms with E-state index in [1.807, 2.05) is 0 Å². The van der Waals surface area contributed by atoms with Crippen LogP contribution in [0.5, 0.6) is 0 Å². The molecule has 2 atom stereocenters. The number of methoxy groups -OCH3 is 1. The fourth-order valence-electron chi connectivity index (χ4n) is 3.53. The Balaban J connectivity index is 2.25. The van der Waals surface area contributed by atoms with Gasteiger partial charge in [-0.2, -0.15) is 0 Å². The second-order valence-corrected chi connectivity index (χ2v) is 6.61. The second-order valence-electron chi connectivity index (χ2n) is 6.61. The van der Waals surface area contributed by atoms with Crippen LogP contribution in [0.2, 0.25) is 0 Å². The van der Waals surface area contributed by atoms with Crippen molar-refractivity contribution in [1.29, 1.82) is 0 Å². The van der Waals surface area contributed by atoms with Crippen LogP contribution < -0.4 is 5.32 Å². The highest BCUT2D eigenvalue weighted by molar-refractivity contribution is 5.91. The quantitative estimate of drug-likeness (QED) is 0.316. The Morgan fingerprint density at radius 3 is 2.45 bits per heavy atom. The van der Waals surface area contributed by atoms with E-state index >= 15 is 0 Å². The summed E-state index contributed by atoms with van der Waals surface area (Å²) in [5.41, 5.74) is 0.0525. The lowest BCUT2D eigenvalue weighted by Crippen LogP contribution is -2.44. The maximum absolute atomic E-state index is 12.5. The number of hydrogen-bond donors (Lipinski definition) is 1. The van der Waals surface area contributed by atoms with E-state index < -0.39 is 28.0 Å². The number of nitroso groups, excluding NO2 is 1. The van der Waals surface area contributed by atoms with Crippen molar-refractivity contribution in [3.8, 4) is 0 Å². The van der Waals surface area contributed by atoms with E-state index in [9.17, 15) is 29.9 Å². The zero-order valence-electron chi connectivity index (χ0n) is 16.4. The zero-order valence-corrected chi connectivity index (χ0v) is 16.4. The number of rotatable bonds is 6. The highest BCUT2D eigenvalue weighted by atomic mass is 16.6. The molecule has 0 aromatic heterocycles. The number of carbonyl (C=O) groups is 1. The lowest BCUT2D eigenvalue weighted by molar-refractivity contribution is -0.386. The average Bonchev–Trinajstić information content (AvgIpc) is 2.77. The molecular weight excluding hydrogens is 410 g/mol. The summed E-state index contributed by atoms with van der Waals surface area (Å²) in [6, 6.07) is 9.88. The minimum atomic E-state index is -1.27. The van der Waals surface area contributed by atoms with Crippen molar-refractivity contribution in [3.63, 3.8) is 0 Å². The summed E-state index contributed by atoms with van der Waals surface area (Å²) in [6.45, 7) is 1.54. The SMILES string of the molecule is COC(=O)C1=C(C)N[C@@H](c2cccc([N+](=O)[O-])c2)N(N=O)[C@H]1c1ccccc1[N+](=O)[O-]. The van der Waals surface area contributed by atoms with Gasteiger partial charge in [-0.3, -0.25) is 20.2 Å². The molecule has 0 aliphatic carbocycles. The fraction of sp³-hybridized carbons (Fsp3) is 0.211. The first-order valence-corrected chi connectivity index (χ1v) is 8.95. The fourth-order valence-corrected chi connectivity index (χ4v) is 3.53. The third-order valence-corrected chi connectivity index (χ3v) is 4.88. The van der Waals surface area contributed by atoms with Gasteiger partial charge in [0.2, 0.25) is 0 Å². The summed E-state index contributed by atoms with van der Waals surface area (Å²) in [4.78, 5) is 46.1. The van der Waals surface area contributed by atoms with Crippen molar-refractivity contribution >= 4 is 17.3 Å². The van der Waals surface area contributed by atoms with E-state index in [2.05, 4.69) is 10.6 Å². The van der Waals surface area contributed by atoms with E-state index in [0.717, 1.165) is 12.1 Å². The molecule has 0 spiro atoms. The third-order valence-electron chi connectivity index (χ3n) is 4.88. The third kappa shape index (κ3) is 3.90. The first kappa shape index (κ1) is 21.4. The average molecular weight is 427 g/mol. The molecule has 31 heavy (non-hydrogen) atoms. The van der Waals surface area contributed by atoms with Gasteiger partial charge < -0.3 is 10.1 Å². The lowest BCUT2D eigenvalue weighted by atomic mass is 9.91. The van der Waals surface area contributed by atoms with Gasteiger partial charge in [-0.05, 0) is 13.0 Å². The van der Waals surface area contributed by atoms with Crippen LogP contribution in [0.3, 0.4) is 0 Å². The van der Waals surface area contributed by atoms with E-state index in [0.29, 0.717) is 5.56 Å². The molecule has 1 heterocycles. The Labute approximate surface area is 175 Å². The second kappa shape index (κ2) is 8.57. The number of ether oxygens (including phenoxy) is 1. The van der Waals surface area contributed by atoms with Crippen LogP contribution in [0.4, 0.5) is 11.4 Å². The summed E-state index contributed by atoms with van der Waals surface area (Å²) in [7, 11) is 1.14. The van der Waals surface area contributed by atoms with Crippen molar-refractivity contribution in [2.45, 2.75) is 19.1 Å². The molecule has 1 aliphatic rings. The van der Waals surface area contributed by atoms with Gasteiger partial charge >= 0.3 is 5.97 Å². The van der Waals surface area contributed by atoms with Gasteiger partial charge in [0.25, 0.3) is 11.4 Å². The molecule has 1 aliphatic heterocycles. The highest BCUT2D eigenvalue weighted by Crippen LogP contribution is 2.43. The topological polar surface area (TPSA) is 157 Å². The molecule has 1 N–H and O–H groups in total. The van der Waals surface area contributed by atoms with Crippen LogP contribution in [0.25, 0.3) is 0 Å². The van der Waals surface area contributed by atoms with Gasteiger partial charge in [0.15, 0.2) is 0 Å². The minimum Gasteiger partial charge on any atom is -0.466 e. The summed E-state index contributed by atoms with van der Waals surface area (Å²) in [5.74, 6) is -0.806.